The Balaban J connectivity index is 1.74. The van der Waals surface area contributed by atoms with Crippen LogP contribution in [0.1, 0.15) is 23.3 Å². The zero-order valence-corrected chi connectivity index (χ0v) is 12.6. The number of aromatic nitrogens is 1. The molecule has 0 bridgehead atoms. The van der Waals surface area contributed by atoms with E-state index in [0.29, 0.717) is 30.9 Å². The molecule has 1 aromatic rings. The van der Waals surface area contributed by atoms with Crippen LogP contribution in [0.3, 0.4) is 0 Å². The molecule has 0 spiro atoms. The van der Waals surface area contributed by atoms with E-state index in [0.717, 1.165) is 0 Å². The maximum absolute atomic E-state index is 11.9. The number of carbonyl (C=O) groups is 3. The SMILES string of the molecule is CN1N=C(C(=O)NCCNC(=O)c2cccn2C)CCC1=O. The normalized spacial score (nSPS) is 14.5. The maximum Gasteiger partial charge on any atom is 0.267 e. The molecule has 0 saturated heterocycles. The summed E-state index contributed by atoms with van der Waals surface area (Å²) < 4.78 is 1.72. The van der Waals surface area contributed by atoms with Crippen molar-refractivity contribution >= 4 is 23.4 Å². The van der Waals surface area contributed by atoms with Crippen molar-refractivity contribution in [3.63, 3.8) is 0 Å². The average molecular weight is 305 g/mol. The summed E-state index contributed by atoms with van der Waals surface area (Å²) in [4.78, 5) is 35.0. The van der Waals surface area contributed by atoms with Crippen LogP contribution in [-0.2, 0) is 16.6 Å². The van der Waals surface area contributed by atoms with Crippen molar-refractivity contribution in [2.24, 2.45) is 12.1 Å². The van der Waals surface area contributed by atoms with Crippen molar-refractivity contribution in [3.05, 3.63) is 24.0 Å². The number of hydrogen-bond donors (Lipinski definition) is 2. The summed E-state index contributed by atoms with van der Waals surface area (Å²) >= 11 is 0. The van der Waals surface area contributed by atoms with Gasteiger partial charge in [-0.3, -0.25) is 14.4 Å². The molecule has 1 aliphatic heterocycles. The van der Waals surface area contributed by atoms with Gasteiger partial charge in [-0.25, -0.2) is 5.01 Å². The standard InChI is InChI=1S/C14H19N5O3/c1-18-9-3-4-11(18)14(22)16-8-7-15-13(21)10-5-6-12(20)19(2)17-10/h3-4,9H,5-8H2,1-2H3,(H,15,21)(H,16,22). The number of aryl methyl sites for hydroxylation is 1. The van der Waals surface area contributed by atoms with Gasteiger partial charge in [0.1, 0.15) is 11.4 Å². The predicted molar refractivity (Wildman–Crippen MR) is 80.2 cm³/mol. The molecular formula is C14H19N5O3. The molecule has 8 heteroatoms. The Morgan fingerprint density at radius 2 is 1.86 bits per heavy atom. The Kier molecular flexibility index (Phi) is 4.92. The topological polar surface area (TPSA) is 95.8 Å². The fourth-order valence-corrected chi connectivity index (χ4v) is 2.07. The third-order valence-corrected chi connectivity index (χ3v) is 3.34. The first kappa shape index (κ1) is 15.7. The third kappa shape index (κ3) is 3.72. The van der Waals surface area contributed by atoms with Gasteiger partial charge in [0.25, 0.3) is 11.8 Å². The van der Waals surface area contributed by atoms with Crippen LogP contribution in [0, 0.1) is 0 Å². The van der Waals surface area contributed by atoms with Gasteiger partial charge >= 0.3 is 0 Å². The van der Waals surface area contributed by atoms with Crippen LogP contribution >= 0.6 is 0 Å². The number of hydrogen-bond acceptors (Lipinski definition) is 4. The zero-order valence-electron chi connectivity index (χ0n) is 12.6. The highest BCUT2D eigenvalue weighted by molar-refractivity contribution is 6.39. The Hall–Kier alpha value is -2.64. The molecule has 2 N–H and O–H groups in total. The van der Waals surface area contributed by atoms with E-state index in [1.165, 1.54) is 12.1 Å². The van der Waals surface area contributed by atoms with Crippen LogP contribution in [0.25, 0.3) is 0 Å². The lowest BCUT2D eigenvalue weighted by Gasteiger charge is -2.18. The Morgan fingerprint density at radius 1 is 1.18 bits per heavy atom. The Bertz CT molecular complexity index is 620. The Labute approximate surface area is 128 Å². The summed E-state index contributed by atoms with van der Waals surface area (Å²) in [6.45, 7) is 0.615. The first-order chi connectivity index (χ1) is 10.5. The molecule has 118 valence electrons. The number of amides is 3. The number of rotatable bonds is 5. The van der Waals surface area contributed by atoms with Crippen LogP contribution in [0.4, 0.5) is 0 Å². The molecule has 0 atom stereocenters. The predicted octanol–water partition coefficient (Wildman–Crippen LogP) is -0.521. The molecule has 3 amide bonds. The molecule has 1 aromatic heterocycles. The van der Waals surface area contributed by atoms with Crippen LogP contribution in [0.5, 0.6) is 0 Å². The highest BCUT2D eigenvalue weighted by Crippen LogP contribution is 2.06. The minimum Gasteiger partial charge on any atom is -0.349 e. The van der Waals surface area contributed by atoms with Crippen LogP contribution < -0.4 is 10.6 Å². The first-order valence-electron chi connectivity index (χ1n) is 7.01. The zero-order chi connectivity index (χ0) is 16.1. The highest BCUT2D eigenvalue weighted by atomic mass is 16.2. The quantitative estimate of drug-likeness (QED) is 0.716. The molecule has 0 aliphatic carbocycles. The lowest BCUT2D eigenvalue weighted by atomic mass is 10.1. The van der Waals surface area contributed by atoms with E-state index in [4.69, 9.17) is 0 Å². The average Bonchev–Trinajstić information content (AvgIpc) is 2.92. The van der Waals surface area contributed by atoms with Crippen LogP contribution in [0.2, 0.25) is 0 Å². The minimum absolute atomic E-state index is 0.105. The Morgan fingerprint density at radius 3 is 2.45 bits per heavy atom. The van der Waals surface area contributed by atoms with Crippen molar-refractivity contribution in [1.29, 1.82) is 0 Å². The van der Waals surface area contributed by atoms with E-state index in [-0.39, 0.29) is 24.1 Å². The molecule has 0 fully saturated rings. The maximum atomic E-state index is 11.9. The second-order valence-electron chi connectivity index (χ2n) is 4.98. The minimum atomic E-state index is -0.313. The second kappa shape index (κ2) is 6.88. The van der Waals surface area contributed by atoms with Crippen LogP contribution in [0.15, 0.2) is 23.4 Å². The second-order valence-corrected chi connectivity index (χ2v) is 4.98. The van der Waals surface area contributed by atoms with Gasteiger partial charge in [-0.1, -0.05) is 0 Å². The lowest BCUT2D eigenvalue weighted by molar-refractivity contribution is -0.130. The number of nitrogens with one attached hydrogen (secondary N) is 2. The van der Waals surface area contributed by atoms with E-state index in [1.807, 2.05) is 0 Å². The number of hydrazone groups is 1. The molecule has 2 rings (SSSR count). The van der Waals surface area contributed by atoms with E-state index >= 15 is 0 Å². The van der Waals surface area contributed by atoms with Gasteiger partial charge in [-0.15, -0.1) is 0 Å². The van der Waals surface area contributed by atoms with Crippen molar-refractivity contribution in [2.75, 3.05) is 20.1 Å². The molecular weight excluding hydrogens is 286 g/mol. The molecule has 1 aliphatic rings. The van der Waals surface area contributed by atoms with E-state index < -0.39 is 0 Å². The smallest absolute Gasteiger partial charge is 0.267 e. The van der Waals surface area contributed by atoms with Crippen molar-refractivity contribution < 1.29 is 14.4 Å². The summed E-state index contributed by atoms with van der Waals surface area (Å²) in [7, 11) is 3.31. The van der Waals surface area contributed by atoms with E-state index in [1.54, 1.807) is 29.9 Å². The van der Waals surface area contributed by atoms with Gasteiger partial charge in [-0.2, -0.15) is 5.10 Å². The van der Waals surface area contributed by atoms with E-state index in [9.17, 15) is 14.4 Å². The first-order valence-corrected chi connectivity index (χ1v) is 7.01. The van der Waals surface area contributed by atoms with E-state index in [2.05, 4.69) is 15.7 Å². The van der Waals surface area contributed by atoms with Gasteiger partial charge in [0.05, 0.1) is 0 Å². The fraction of sp³-hybridized carbons (Fsp3) is 0.429. The molecule has 0 saturated carbocycles. The molecule has 0 unspecified atom stereocenters. The molecule has 2 heterocycles. The van der Waals surface area contributed by atoms with Gasteiger partial charge in [0.15, 0.2) is 0 Å². The molecule has 0 aromatic carbocycles. The monoisotopic (exact) mass is 305 g/mol. The lowest BCUT2D eigenvalue weighted by Crippen LogP contribution is -2.41. The summed E-state index contributed by atoms with van der Waals surface area (Å²) in [6.07, 6.45) is 2.41. The number of nitrogens with zero attached hydrogens (tertiary/aromatic N) is 3. The summed E-state index contributed by atoms with van der Waals surface area (Å²) in [5.41, 5.74) is 0.888. The summed E-state index contributed by atoms with van der Waals surface area (Å²) in [5.74, 6) is -0.610. The highest BCUT2D eigenvalue weighted by Gasteiger charge is 2.21. The molecule has 0 radical (unpaired) electrons. The summed E-state index contributed by atoms with van der Waals surface area (Å²) in [5, 5.41) is 10.5. The molecule has 22 heavy (non-hydrogen) atoms. The van der Waals surface area contributed by atoms with Gasteiger partial charge in [-0.05, 0) is 12.1 Å². The van der Waals surface area contributed by atoms with Crippen molar-refractivity contribution in [3.8, 4) is 0 Å². The molecule has 8 nitrogen and oxygen atoms in total. The largest absolute Gasteiger partial charge is 0.349 e. The van der Waals surface area contributed by atoms with Gasteiger partial charge < -0.3 is 15.2 Å². The van der Waals surface area contributed by atoms with Gasteiger partial charge in [0, 0.05) is 46.2 Å². The third-order valence-electron chi connectivity index (χ3n) is 3.34. The summed E-state index contributed by atoms with van der Waals surface area (Å²) in [6, 6.07) is 3.51. The van der Waals surface area contributed by atoms with Crippen molar-refractivity contribution in [1.82, 2.24) is 20.2 Å². The number of carbonyl (C=O) groups excluding carboxylic acids is 3. The van der Waals surface area contributed by atoms with Gasteiger partial charge in [0.2, 0.25) is 5.91 Å². The fourth-order valence-electron chi connectivity index (χ4n) is 2.07. The van der Waals surface area contributed by atoms with Crippen LogP contribution in [-0.4, -0.2) is 53.1 Å². The van der Waals surface area contributed by atoms with Crippen molar-refractivity contribution in [2.45, 2.75) is 12.8 Å².